The molecule has 140 valence electrons. The van der Waals surface area contributed by atoms with E-state index in [0.717, 1.165) is 0 Å². The quantitative estimate of drug-likeness (QED) is 0.857. The van der Waals surface area contributed by atoms with Crippen LogP contribution in [0.15, 0.2) is 42.6 Å². The van der Waals surface area contributed by atoms with Crippen molar-refractivity contribution in [3.8, 4) is 0 Å². The maximum absolute atomic E-state index is 12.5. The van der Waals surface area contributed by atoms with Crippen molar-refractivity contribution in [2.24, 2.45) is 0 Å². The Kier molecular flexibility index (Phi) is 5.77. The summed E-state index contributed by atoms with van der Waals surface area (Å²) >= 11 is 0. The number of carbonyl (C=O) groups excluding carboxylic acids is 3. The van der Waals surface area contributed by atoms with Crippen molar-refractivity contribution < 1.29 is 19.1 Å². The van der Waals surface area contributed by atoms with Crippen molar-refractivity contribution in [2.45, 2.75) is 6.92 Å². The van der Waals surface area contributed by atoms with Gasteiger partial charge in [-0.05, 0) is 36.4 Å². The number of hydrogen-bond donors (Lipinski definition) is 2. The number of rotatable bonds is 4. The third-order valence-electron chi connectivity index (χ3n) is 4.00. The van der Waals surface area contributed by atoms with E-state index >= 15 is 0 Å². The lowest BCUT2D eigenvalue weighted by Gasteiger charge is -2.26. The van der Waals surface area contributed by atoms with Crippen molar-refractivity contribution in [2.75, 3.05) is 36.9 Å². The van der Waals surface area contributed by atoms with Gasteiger partial charge in [0.25, 0.3) is 11.8 Å². The minimum absolute atomic E-state index is 0.166. The van der Waals surface area contributed by atoms with Gasteiger partial charge in [-0.1, -0.05) is 0 Å². The normalized spacial score (nSPS) is 13.7. The van der Waals surface area contributed by atoms with Gasteiger partial charge in [-0.2, -0.15) is 0 Å². The smallest absolute Gasteiger partial charge is 0.272 e. The fraction of sp³-hybridized carbons (Fsp3) is 0.263. The van der Waals surface area contributed by atoms with E-state index in [1.807, 2.05) is 0 Å². The minimum atomic E-state index is -0.347. The molecule has 3 amide bonds. The second-order valence-electron chi connectivity index (χ2n) is 6.05. The van der Waals surface area contributed by atoms with Crippen LogP contribution in [0, 0.1) is 0 Å². The Labute approximate surface area is 156 Å². The Hall–Kier alpha value is -3.26. The molecular formula is C19H20N4O4. The van der Waals surface area contributed by atoms with E-state index in [-0.39, 0.29) is 23.4 Å². The maximum atomic E-state index is 12.5. The van der Waals surface area contributed by atoms with Crippen LogP contribution in [-0.4, -0.2) is 53.9 Å². The fourth-order valence-corrected chi connectivity index (χ4v) is 2.66. The number of carbonyl (C=O) groups is 3. The lowest BCUT2D eigenvalue weighted by molar-refractivity contribution is -0.114. The van der Waals surface area contributed by atoms with E-state index < -0.39 is 0 Å². The molecule has 0 saturated carbocycles. The number of anilines is 2. The van der Waals surface area contributed by atoms with Crippen LogP contribution in [0.5, 0.6) is 0 Å². The summed E-state index contributed by atoms with van der Waals surface area (Å²) in [6.45, 7) is 3.45. The van der Waals surface area contributed by atoms with Crippen LogP contribution in [0.2, 0.25) is 0 Å². The topological polar surface area (TPSA) is 101 Å². The number of pyridine rings is 1. The highest BCUT2D eigenvalue weighted by Gasteiger charge is 2.20. The summed E-state index contributed by atoms with van der Waals surface area (Å²) in [5.41, 5.74) is 1.79. The number of nitrogens with zero attached hydrogens (tertiary/aromatic N) is 2. The molecular weight excluding hydrogens is 348 g/mol. The van der Waals surface area contributed by atoms with Gasteiger partial charge in [0, 0.05) is 43.1 Å². The molecule has 3 rings (SSSR count). The number of morpholine rings is 1. The predicted molar refractivity (Wildman–Crippen MR) is 99.7 cm³/mol. The van der Waals surface area contributed by atoms with Crippen LogP contribution in [-0.2, 0) is 9.53 Å². The average Bonchev–Trinajstić information content (AvgIpc) is 2.69. The van der Waals surface area contributed by atoms with E-state index in [1.54, 1.807) is 35.2 Å². The summed E-state index contributed by atoms with van der Waals surface area (Å²) in [5.74, 6) is -0.727. The van der Waals surface area contributed by atoms with Crippen molar-refractivity contribution in [1.82, 2.24) is 9.88 Å². The van der Waals surface area contributed by atoms with Gasteiger partial charge < -0.3 is 20.3 Å². The van der Waals surface area contributed by atoms with E-state index in [0.29, 0.717) is 43.2 Å². The molecule has 0 radical (unpaired) electrons. The van der Waals surface area contributed by atoms with Gasteiger partial charge in [-0.3, -0.25) is 19.4 Å². The molecule has 2 heterocycles. The van der Waals surface area contributed by atoms with Gasteiger partial charge in [0.15, 0.2) is 0 Å². The molecule has 1 aromatic heterocycles. The molecule has 1 aliphatic heterocycles. The second-order valence-corrected chi connectivity index (χ2v) is 6.05. The zero-order valence-corrected chi connectivity index (χ0v) is 14.9. The molecule has 8 nitrogen and oxygen atoms in total. The van der Waals surface area contributed by atoms with E-state index in [9.17, 15) is 14.4 Å². The SMILES string of the molecule is CC(=O)Nc1ccc(NC(=O)c2ccnc(C(=O)N3CCOCC3)c2)cc1. The molecule has 0 unspecified atom stereocenters. The molecule has 1 aromatic carbocycles. The van der Waals surface area contributed by atoms with Gasteiger partial charge in [0.1, 0.15) is 5.69 Å². The number of nitrogens with one attached hydrogen (secondary N) is 2. The Bertz CT molecular complexity index is 845. The summed E-state index contributed by atoms with van der Waals surface area (Å²) in [4.78, 5) is 41.8. The highest BCUT2D eigenvalue weighted by atomic mass is 16.5. The van der Waals surface area contributed by atoms with Crippen LogP contribution < -0.4 is 10.6 Å². The van der Waals surface area contributed by atoms with Gasteiger partial charge in [-0.15, -0.1) is 0 Å². The van der Waals surface area contributed by atoms with Gasteiger partial charge in [-0.25, -0.2) is 0 Å². The summed E-state index contributed by atoms with van der Waals surface area (Å²) in [5, 5.41) is 5.42. The largest absolute Gasteiger partial charge is 0.378 e. The highest BCUT2D eigenvalue weighted by Crippen LogP contribution is 2.15. The first-order valence-corrected chi connectivity index (χ1v) is 8.55. The van der Waals surface area contributed by atoms with E-state index in [4.69, 9.17) is 4.74 Å². The van der Waals surface area contributed by atoms with Crippen molar-refractivity contribution in [3.63, 3.8) is 0 Å². The Morgan fingerprint density at radius 1 is 1.00 bits per heavy atom. The average molecular weight is 368 g/mol. The van der Waals surface area contributed by atoms with Crippen LogP contribution in [0.25, 0.3) is 0 Å². The number of ether oxygens (including phenoxy) is 1. The predicted octanol–water partition coefficient (Wildman–Crippen LogP) is 1.76. The first kappa shape index (κ1) is 18.5. The summed E-state index contributed by atoms with van der Waals surface area (Å²) < 4.78 is 5.24. The standard InChI is InChI=1S/C19H20N4O4/c1-13(24)21-15-2-4-16(5-3-15)22-18(25)14-6-7-20-17(12-14)19(26)23-8-10-27-11-9-23/h2-7,12H,8-11H2,1H3,(H,21,24)(H,22,25). The first-order valence-electron chi connectivity index (χ1n) is 8.55. The number of hydrogen-bond acceptors (Lipinski definition) is 5. The van der Waals surface area contributed by atoms with Crippen molar-refractivity contribution >= 4 is 29.1 Å². The van der Waals surface area contributed by atoms with Gasteiger partial charge in [0.2, 0.25) is 5.91 Å². The Morgan fingerprint density at radius 2 is 1.63 bits per heavy atom. The minimum Gasteiger partial charge on any atom is -0.378 e. The lowest BCUT2D eigenvalue weighted by Crippen LogP contribution is -2.41. The zero-order valence-electron chi connectivity index (χ0n) is 14.9. The molecule has 27 heavy (non-hydrogen) atoms. The molecule has 8 heteroatoms. The molecule has 1 aliphatic rings. The zero-order chi connectivity index (χ0) is 19.2. The molecule has 1 saturated heterocycles. The summed E-state index contributed by atoms with van der Waals surface area (Å²) in [7, 11) is 0. The molecule has 1 fully saturated rings. The summed E-state index contributed by atoms with van der Waals surface area (Å²) in [6, 6.07) is 9.79. The Balaban J connectivity index is 1.68. The van der Waals surface area contributed by atoms with E-state index in [2.05, 4.69) is 15.6 Å². The number of aromatic nitrogens is 1. The van der Waals surface area contributed by atoms with Crippen molar-refractivity contribution in [3.05, 3.63) is 53.9 Å². The van der Waals surface area contributed by atoms with Crippen LogP contribution in [0.1, 0.15) is 27.8 Å². The van der Waals surface area contributed by atoms with E-state index in [1.165, 1.54) is 19.2 Å². The molecule has 2 aromatic rings. The third-order valence-corrected chi connectivity index (χ3v) is 4.00. The number of benzene rings is 1. The molecule has 2 N–H and O–H groups in total. The number of amides is 3. The fourth-order valence-electron chi connectivity index (χ4n) is 2.66. The molecule has 0 spiro atoms. The van der Waals surface area contributed by atoms with Crippen LogP contribution in [0.4, 0.5) is 11.4 Å². The molecule has 0 bridgehead atoms. The van der Waals surface area contributed by atoms with Gasteiger partial charge >= 0.3 is 0 Å². The molecule has 0 atom stereocenters. The summed E-state index contributed by atoms with van der Waals surface area (Å²) in [6.07, 6.45) is 1.45. The highest BCUT2D eigenvalue weighted by molar-refractivity contribution is 6.05. The van der Waals surface area contributed by atoms with Crippen LogP contribution in [0.3, 0.4) is 0 Å². The molecule has 0 aliphatic carbocycles. The van der Waals surface area contributed by atoms with Crippen LogP contribution >= 0.6 is 0 Å². The monoisotopic (exact) mass is 368 g/mol. The Morgan fingerprint density at radius 3 is 2.26 bits per heavy atom. The van der Waals surface area contributed by atoms with Crippen molar-refractivity contribution in [1.29, 1.82) is 0 Å². The lowest BCUT2D eigenvalue weighted by atomic mass is 10.2. The maximum Gasteiger partial charge on any atom is 0.272 e. The third kappa shape index (κ3) is 4.89. The second kappa shape index (κ2) is 8.41. The first-order chi connectivity index (χ1) is 13.0. The van der Waals surface area contributed by atoms with Gasteiger partial charge in [0.05, 0.1) is 13.2 Å².